The molecule has 2 aromatic carbocycles. The number of rotatable bonds is 6. The summed E-state index contributed by atoms with van der Waals surface area (Å²) in [6, 6.07) is 9.37. The summed E-state index contributed by atoms with van der Waals surface area (Å²) in [5, 5.41) is 3.11. The summed E-state index contributed by atoms with van der Waals surface area (Å²) in [5.74, 6) is -0.0823. The first-order chi connectivity index (χ1) is 12.3. The molecule has 0 spiro atoms. The maximum Gasteiger partial charge on any atom is 0.265 e. The first-order valence-corrected chi connectivity index (χ1v) is 10.4. The molecule has 1 aliphatic carbocycles. The maximum atomic E-state index is 12.8. The van der Waals surface area contributed by atoms with Crippen LogP contribution in [0.5, 0.6) is 5.75 Å². The van der Waals surface area contributed by atoms with Crippen LogP contribution in [-0.4, -0.2) is 27.5 Å². The van der Waals surface area contributed by atoms with Gasteiger partial charge in [-0.3, -0.25) is 9.52 Å². The summed E-state index contributed by atoms with van der Waals surface area (Å²) >= 11 is 9.22. The van der Waals surface area contributed by atoms with Crippen LogP contribution >= 0.6 is 27.5 Å². The number of carbonyl (C=O) groups is 1. The minimum absolute atomic E-state index is 0.104. The van der Waals surface area contributed by atoms with Crippen molar-refractivity contribution in [2.24, 2.45) is 0 Å². The number of benzene rings is 2. The molecule has 2 N–H and O–H groups in total. The Bertz CT molecular complexity index is 961. The van der Waals surface area contributed by atoms with Gasteiger partial charge in [0.15, 0.2) is 5.75 Å². The third-order valence-electron chi connectivity index (χ3n) is 3.76. The van der Waals surface area contributed by atoms with E-state index in [1.54, 1.807) is 24.3 Å². The molecule has 1 aliphatic rings. The molecular formula is C17H16BrClN2O4S. The van der Waals surface area contributed by atoms with Gasteiger partial charge >= 0.3 is 0 Å². The second kappa shape index (κ2) is 7.46. The van der Waals surface area contributed by atoms with Crippen molar-refractivity contribution in [3.8, 4) is 5.75 Å². The highest BCUT2D eigenvalue weighted by atomic mass is 79.9. The average Bonchev–Trinajstić information content (AvgIpc) is 3.38. The maximum absolute atomic E-state index is 12.8. The lowest BCUT2D eigenvalue weighted by atomic mass is 10.2. The zero-order valence-electron chi connectivity index (χ0n) is 13.8. The third-order valence-corrected chi connectivity index (χ3v) is 5.95. The van der Waals surface area contributed by atoms with Gasteiger partial charge in [0.1, 0.15) is 4.90 Å². The Morgan fingerprint density at radius 2 is 2.00 bits per heavy atom. The van der Waals surface area contributed by atoms with E-state index in [1.165, 1.54) is 19.2 Å². The third kappa shape index (κ3) is 4.31. The Kier molecular flexibility index (Phi) is 5.45. The van der Waals surface area contributed by atoms with Crippen molar-refractivity contribution in [2.45, 2.75) is 23.8 Å². The van der Waals surface area contributed by atoms with Crippen LogP contribution in [-0.2, 0) is 10.0 Å². The summed E-state index contributed by atoms with van der Waals surface area (Å²) in [5.41, 5.74) is 0.655. The van der Waals surface area contributed by atoms with Crippen LogP contribution in [0.2, 0.25) is 5.02 Å². The Labute approximate surface area is 165 Å². The van der Waals surface area contributed by atoms with Gasteiger partial charge in [-0.1, -0.05) is 17.7 Å². The first-order valence-electron chi connectivity index (χ1n) is 7.77. The Morgan fingerprint density at radius 1 is 1.27 bits per heavy atom. The summed E-state index contributed by atoms with van der Waals surface area (Å²) < 4.78 is 33.6. The molecule has 6 nitrogen and oxygen atoms in total. The van der Waals surface area contributed by atoms with Crippen LogP contribution in [0.25, 0.3) is 0 Å². The van der Waals surface area contributed by atoms with Gasteiger partial charge in [0.05, 0.1) is 11.6 Å². The molecule has 1 fully saturated rings. The molecule has 2 aromatic rings. The number of anilines is 1. The zero-order valence-corrected chi connectivity index (χ0v) is 16.9. The number of sulfonamides is 1. The van der Waals surface area contributed by atoms with Crippen LogP contribution in [0.4, 0.5) is 5.69 Å². The van der Waals surface area contributed by atoms with Gasteiger partial charge in [-0.2, -0.15) is 0 Å². The van der Waals surface area contributed by atoms with E-state index in [9.17, 15) is 13.2 Å². The molecule has 0 aliphatic heterocycles. The predicted molar refractivity (Wildman–Crippen MR) is 103 cm³/mol. The van der Waals surface area contributed by atoms with E-state index in [-0.39, 0.29) is 33.3 Å². The van der Waals surface area contributed by atoms with Gasteiger partial charge in [0.25, 0.3) is 15.9 Å². The van der Waals surface area contributed by atoms with E-state index in [1.807, 2.05) is 0 Å². The van der Waals surface area contributed by atoms with E-state index in [2.05, 4.69) is 26.0 Å². The first kappa shape index (κ1) is 19.0. The Balaban J connectivity index is 1.89. The fourth-order valence-corrected chi connectivity index (χ4v) is 4.80. The number of methoxy groups -OCH3 is 1. The van der Waals surface area contributed by atoms with Crippen LogP contribution in [0, 0.1) is 0 Å². The van der Waals surface area contributed by atoms with E-state index >= 15 is 0 Å². The molecule has 0 atom stereocenters. The van der Waals surface area contributed by atoms with E-state index in [0.29, 0.717) is 10.0 Å². The topological polar surface area (TPSA) is 84.5 Å². The fourth-order valence-electron chi connectivity index (χ4n) is 2.36. The van der Waals surface area contributed by atoms with Gasteiger partial charge in [0, 0.05) is 22.3 Å². The number of halogens is 2. The largest absolute Gasteiger partial charge is 0.494 e. The Hall–Kier alpha value is -1.77. The monoisotopic (exact) mass is 458 g/mol. The number of hydrogen-bond donors (Lipinski definition) is 2. The second-order valence-electron chi connectivity index (χ2n) is 5.85. The quantitative estimate of drug-likeness (QED) is 0.688. The van der Waals surface area contributed by atoms with Gasteiger partial charge in [-0.15, -0.1) is 0 Å². The number of hydrogen-bond acceptors (Lipinski definition) is 4. The minimum Gasteiger partial charge on any atom is -0.494 e. The lowest BCUT2D eigenvalue weighted by molar-refractivity contribution is 0.0951. The van der Waals surface area contributed by atoms with Crippen molar-refractivity contribution in [1.29, 1.82) is 0 Å². The SMILES string of the molecule is COc1c(Br)cc(Cl)cc1S(=O)(=O)Nc1cccc(C(=O)NC2CC2)c1. The lowest BCUT2D eigenvalue weighted by Crippen LogP contribution is -2.25. The van der Waals surface area contributed by atoms with E-state index in [0.717, 1.165) is 12.8 Å². The van der Waals surface area contributed by atoms with Crippen molar-refractivity contribution in [3.05, 3.63) is 51.5 Å². The minimum atomic E-state index is -3.98. The predicted octanol–water partition coefficient (Wildman–Crippen LogP) is 3.80. The number of nitrogens with one attached hydrogen (secondary N) is 2. The van der Waals surface area contributed by atoms with Crippen LogP contribution in [0.1, 0.15) is 23.2 Å². The van der Waals surface area contributed by atoms with Crippen molar-refractivity contribution < 1.29 is 17.9 Å². The molecule has 0 bridgehead atoms. The Morgan fingerprint density at radius 3 is 2.65 bits per heavy atom. The van der Waals surface area contributed by atoms with Crippen molar-refractivity contribution in [3.63, 3.8) is 0 Å². The second-order valence-corrected chi connectivity index (χ2v) is 8.79. The molecule has 0 unspecified atom stereocenters. The molecule has 9 heteroatoms. The van der Waals surface area contributed by atoms with Gasteiger partial charge in [-0.05, 0) is 59.1 Å². The summed E-state index contributed by atoms with van der Waals surface area (Å²) in [7, 11) is -2.60. The number of carbonyl (C=O) groups excluding carboxylic acids is 1. The van der Waals surface area contributed by atoms with Crippen LogP contribution < -0.4 is 14.8 Å². The van der Waals surface area contributed by atoms with E-state index in [4.69, 9.17) is 16.3 Å². The van der Waals surface area contributed by atoms with E-state index < -0.39 is 10.0 Å². The van der Waals surface area contributed by atoms with Crippen molar-refractivity contribution in [2.75, 3.05) is 11.8 Å². The molecule has 0 saturated heterocycles. The molecule has 1 saturated carbocycles. The van der Waals surface area contributed by atoms with Crippen molar-refractivity contribution in [1.82, 2.24) is 5.32 Å². The van der Waals surface area contributed by atoms with Gasteiger partial charge in [0.2, 0.25) is 0 Å². The normalized spacial score (nSPS) is 14.0. The van der Waals surface area contributed by atoms with Gasteiger partial charge in [-0.25, -0.2) is 8.42 Å². The fraction of sp³-hybridized carbons (Fsp3) is 0.235. The molecule has 1 amide bonds. The summed E-state index contributed by atoms with van der Waals surface area (Å²) in [6.45, 7) is 0. The zero-order chi connectivity index (χ0) is 18.9. The highest BCUT2D eigenvalue weighted by Gasteiger charge is 2.25. The highest BCUT2D eigenvalue weighted by molar-refractivity contribution is 9.10. The molecule has 0 heterocycles. The molecule has 0 aromatic heterocycles. The van der Waals surface area contributed by atoms with Crippen molar-refractivity contribution >= 4 is 49.1 Å². The molecular weight excluding hydrogens is 444 g/mol. The molecule has 3 rings (SSSR count). The van der Waals surface area contributed by atoms with Gasteiger partial charge < -0.3 is 10.1 Å². The molecule has 138 valence electrons. The van der Waals surface area contributed by atoms with Crippen LogP contribution in [0.3, 0.4) is 0 Å². The summed E-state index contributed by atoms with van der Waals surface area (Å²) in [4.78, 5) is 12.0. The van der Waals surface area contributed by atoms with Crippen LogP contribution in [0.15, 0.2) is 45.8 Å². The number of ether oxygens (including phenoxy) is 1. The molecule has 0 radical (unpaired) electrons. The molecule has 26 heavy (non-hydrogen) atoms. The number of amides is 1. The smallest absolute Gasteiger partial charge is 0.265 e. The highest BCUT2D eigenvalue weighted by Crippen LogP contribution is 2.36. The summed E-state index contributed by atoms with van der Waals surface area (Å²) in [6.07, 6.45) is 1.95. The average molecular weight is 460 g/mol. The lowest BCUT2D eigenvalue weighted by Gasteiger charge is -2.14. The standard InChI is InChI=1S/C17H16BrClN2O4S/c1-25-16-14(18)8-11(19)9-15(16)26(23,24)21-13-4-2-3-10(7-13)17(22)20-12-5-6-12/h2-4,7-9,12,21H,5-6H2,1H3,(H,20,22).